The molecule has 11 heteroatoms. The molecule has 0 spiro atoms. The molecule has 3 N–H and O–H groups in total. The van der Waals surface area contributed by atoms with E-state index in [0.717, 1.165) is 43.4 Å². The highest BCUT2D eigenvalue weighted by atomic mass is 16.6. The van der Waals surface area contributed by atoms with Gasteiger partial charge in [0.05, 0.1) is 17.2 Å². The molecular weight excluding hydrogens is 550 g/mol. The van der Waals surface area contributed by atoms with Crippen LogP contribution in [-0.2, 0) is 9.59 Å². The summed E-state index contributed by atoms with van der Waals surface area (Å²) in [4.78, 5) is 34.9. The lowest BCUT2D eigenvalue weighted by Crippen LogP contribution is -2.55. The van der Waals surface area contributed by atoms with Crippen LogP contribution in [0, 0.1) is 56.5 Å². The van der Waals surface area contributed by atoms with Gasteiger partial charge in [0.25, 0.3) is 0 Å². The van der Waals surface area contributed by atoms with Gasteiger partial charge in [-0.3, -0.25) is 19.7 Å². The van der Waals surface area contributed by atoms with Crippen LogP contribution in [0.1, 0.15) is 91.4 Å². The quantitative estimate of drug-likeness (QED) is 0.227. The molecule has 0 aliphatic heterocycles. The maximum Gasteiger partial charge on any atom is 0.303 e. The Morgan fingerprint density at radius 1 is 1.07 bits per heavy atom. The summed E-state index contributed by atoms with van der Waals surface area (Å²) in [7, 11) is 0. The van der Waals surface area contributed by atoms with Crippen LogP contribution < -0.4 is 10.6 Å². The van der Waals surface area contributed by atoms with Crippen molar-refractivity contribution in [2.45, 2.75) is 97.4 Å². The zero-order valence-corrected chi connectivity index (χ0v) is 25.5. The van der Waals surface area contributed by atoms with Gasteiger partial charge < -0.3 is 15.7 Å². The zero-order chi connectivity index (χ0) is 30.5. The maximum absolute atomic E-state index is 13.0. The summed E-state index contributed by atoms with van der Waals surface area (Å²) in [5, 5.41) is 34.2. The number of carboxylic acids is 1. The normalized spacial score (nSPS) is 35.8. The molecule has 4 fully saturated rings. The fourth-order valence-corrected chi connectivity index (χ4v) is 10.5. The molecule has 9 atom stereocenters. The molecule has 4 aliphatic carbocycles. The minimum Gasteiger partial charge on any atom is -0.481 e. The predicted octanol–water partition coefficient (Wildman–Crippen LogP) is 6.19. The average molecular weight is 596 g/mol. The van der Waals surface area contributed by atoms with Crippen molar-refractivity contribution in [2.75, 3.05) is 11.9 Å². The summed E-state index contributed by atoms with van der Waals surface area (Å²) in [6, 6.07) is 3.01. The highest BCUT2D eigenvalue weighted by Crippen LogP contribution is 2.68. The Morgan fingerprint density at radius 3 is 2.58 bits per heavy atom. The number of amides is 1. The number of nitro groups is 1. The van der Waals surface area contributed by atoms with Gasteiger partial charge in [0.15, 0.2) is 5.52 Å². The van der Waals surface area contributed by atoms with E-state index in [1.165, 1.54) is 50.7 Å². The molecule has 43 heavy (non-hydrogen) atoms. The minimum absolute atomic E-state index is 0.0369. The zero-order valence-electron chi connectivity index (χ0n) is 25.5. The van der Waals surface area contributed by atoms with Gasteiger partial charge in [0.1, 0.15) is 0 Å². The number of fused-ring (bicyclic) bond motifs is 6. The highest BCUT2D eigenvalue weighted by molar-refractivity contribution is 5.94. The number of hydrogen-bond acceptors (Lipinski definition) is 8. The van der Waals surface area contributed by atoms with Crippen LogP contribution in [0.2, 0.25) is 0 Å². The summed E-state index contributed by atoms with van der Waals surface area (Å²) in [6.07, 6.45) is 11.7. The molecule has 4 saturated carbocycles. The Bertz CT molecular complexity index is 1400. The van der Waals surface area contributed by atoms with Crippen LogP contribution in [0.3, 0.4) is 0 Å². The van der Waals surface area contributed by atoms with Gasteiger partial charge in [-0.2, -0.15) is 0 Å². The molecule has 11 nitrogen and oxygen atoms in total. The smallest absolute Gasteiger partial charge is 0.303 e. The van der Waals surface area contributed by atoms with Gasteiger partial charge in [-0.1, -0.05) is 20.8 Å². The van der Waals surface area contributed by atoms with E-state index in [4.69, 9.17) is 4.63 Å². The molecular formula is C32H45N5O6. The van der Waals surface area contributed by atoms with Crippen molar-refractivity contribution in [3.63, 3.8) is 0 Å². The van der Waals surface area contributed by atoms with E-state index >= 15 is 0 Å². The number of anilines is 1. The second-order valence-electron chi connectivity index (χ2n) is 14.5. The molecule has 0 bridgehead atoms. The molecule has 4 aliphatic rings. The molecule has 0 saturated heterocycles. The third-order valence-corrected chi connectivity index (χ3v) is 12.6. The standard InChI is InChI=1S/C32H45N5O6/c1-18(4-11-28(39)40)22-7-8-23-21-6-5-19-16-20(12-14-31(19,2)24(21)13-15-32(22,23)3)34-27(38)17-33-25-9-10-26(37(41)42)30-29(25)35-43-36-30/h9-10,18-24,33H,4-8,11-17H2,1-3H3,(H,34,38)(H,39,40)/t18-,19-,20-,21?,22?,23?,24?,31+,32-/m1/s1. The Balaban J connectivity index is 1.05. The molecule has 234 valence electrons. The monoisotopic (exact) mass is 595 g/mol. The van der Waals surface area contributed by atoms with Crippen molar-refractivity contribution in [1.29, 1.82) is 0 Å². The van der Waals surface area contributed by atoms with Crippen LogP contribution in [0.15, 0.2) is 16.8 Å². The van der Waals surface area contributed by atoms with Crippen LogP contribution in [-0.4, -0.2) is 44.8 Å². The Labute approximate surface area is 252 Å². The lowest BCUT2D eigenvalue weighted by Gasteiger charge is -2.61. The summed E-state index contributed by atoms with van der Waals surface area (Å²) < 4.78 is 4.72. The number of nitro benzene ring substituents is 1. The van der Waals surface area contributed by atoms with Crippen molar-refractivity contribution in [2.24, 2.45) is 46.3 Å². The number of carbonyl (C=O) groups excluding carboxylic acids is 1. The first-order valence-corrected chi connectivity index (χ1v) is 16.2. The summed E-state index contributed by atoms with van der Waals surface area (Å²) in [5.74, 6) is 3.15. The Kier molecular flexibility index (Phi) is 7.87. The molecule has 1 heterocycles. The molecule has 1 amide bonds. The van der Waals surface area contributed by atoms with Gasteiger partial charge in [-0.25, -0.2) is 4.63 Å². The van der Waals surface area contributed by atoms with E-state index < -0.39 is 10.9 Å². The fraction of sp³-hybridized carbons (Fsp3) is 0.750. The number of rotatable bonds is 9. The largest absolute Gasteiger partial charge is 0.481 e. The third kappa shape index (κ3) is 5.26. The predicted molar refractivity (Wildman–Crippen MR) is 160 cm³/mol. The maximum atomic E-state index is 13.0. The number of aliphatic carboxylic acids is 1. The Hall–Kier alpha value is -3.24. The van der Waals surface area contributed by atoms with Crippen molar-refractivity contribution in [3.8, 4) is 0 Å². The second-order valence-corrected chi connectivity index (χ2v) is 14.5. The summed E-state index contributed by atoms with van der Waals surface area (Å²) >= 11 is 0. The van der Waals surface area contributed by atoms with Crippen LogP contribution >= 0.6 is 0 Å². The van der Waals surface area contributed by atoms with Crippen molar-refractivity contribution in [1.82, 2.24) is 15.6 Å². The lowest BCUT2D eigenvalue weighted by atomic mass is 9.44. The second kappa shape index (κ2) is 11.4. The van der Waals surface area contributed by atoms with E-state index in [2.05, 4.69) is 41.7 Å². The molecule has 4 unspecified atom stereocenters. The average Bonchev–Trinajstić information content (AvgIpc) is 3.59. The summed E-state index contributed by atoms with van der Waals surface area (Å²) in [6.45, 7) is 7.38. The summed E-state index contributed by atoms with van der Waals surface area (Å²) in [5.41, 5.74) is 1.22. The number of non-ortho nitro benzene ring substituents is 1. The van der Waals surface area contributed by atoms with Crippen LogP contribution in [0.4, 0.5) is 11.4 Å². The first-order valence-electron chi connectivity index (χ1n) is 16.2. The van der Waals surface area contributed by atoms with Crippen molar-refractivity contribution >= 4 is 34.3 Å². The number of aromatic nitrogens is 2. The van der Waals surface area contributed by atoms with Gasteiger partial charge in [-0.15, -0.1) is 0 Å². The van der Waals surface area contributed by atoms with Crippen molar-refractivity contribution < 1.29 is 24.2 Å². The number of hydrogen-bond donors (Lipinski definition) is 3. The molecule has 0 radical (unpaired) electrons. The SMILES string of the molecule is C[C@H](CCC(=O)O)C1CCC2C3CC[C@@H]4C[C@H](NC(=O)CNc5ccc([N+](=O)[O-])c6nonc56)CC[C@]4(C)C3CC[C@@]21C. The van der Waals surface area contributed by atoms with E-state index in [-0.39, 0.29) is 41.6 Å². The van der Waals surface area contributed by atoms with Crippen LogP contribution in [0.5, 0.6) is 0 Å². The highest BCUT2D eigenvalue weighted by Gasteiger charge is 2.60. The Morgan fingerprint density at radius 2 is 1.81 bits per heavy atom. The van der Waals surface area contributed by atoms with E-state index in [9.17, 15) is 24.8 Å². The van der Waals surface area contributed by atoms with E-state index in [0.29, 0.717) is 34.3 Å². The van der Waals surface area contributed by atoms with Crippen molar-refractivity contribution in [3.05, 3.63) is 22.2 Å². The van der Waals surface area contributed by atoms with Gasteiger partial charge >= 0.3 is 11.7 Å². The minimum atomic E-state index is -0.681. The van der Waals surface area contributed by atoms with Gasteiger partial charge in [0.2, 0.25) is 11.4 Å². The lowest BCUT2D eigenvalue weighted by molar-refractivity contribution is -0.383. The van der Waals surface area contributed by atoms with E-state index in [1.807, 2.05) is 0 Å². The van der Waals surface area contributed by atoms with Gasteiger partial charge in [-0.05, 0) is 127 Å². The molecule has 2 aromatic rings. The number of nitrogens with zero attached hydrogens (tertiary/aromatic N) is 3. The first-order chi connectivity index (χ1) is 20.5. The number of benzene rings is 1. The number of carboxylic acid groups (broad SMARTS) is 1. The van der Waals surface area contributed by atoms with Crippen LogP contribution in [0.25, 0.3) is 11.0 Å². The number of carbonyl (C=O) groups is 2. The fourth-order valence-electron chi connectivity index (χ4n) is 10.5. The molecule has 6 rings (SSSR count). The van der Waals surface area contributed by atoms with E-state index in [1.54, 1.807) is 0 Å². The first kappa shape index (κ1) is 29.8. The number of nitrogens with one attached hydrogen (secondary N) is 2. The van der Waals surface area contributed by atoms with Gasteiger partial charge in [0, 0.05) is 18.5 Å². The molecule has 1 aromatic carbocycles. The third-order valence-electron chi connectivity index (χ3n) is 12.6. The molecule has 1 aromatic heterocycles. The topological polar surface area (TPSA) is 160 Å².